The highest BCUT2D eigenvalue weighted by atomic mass is 16.2. The molecule has 0 spiro atoms. The second-order valence-electron chi connectivity index (χ2n) is 6.08. The second-order valence-corrected chi connectivity index (χ2v) is 6.08. The molecule has 1 aliphatic heterocycles. The summed E-state index contributed by atoms with van der Waals surface area (Å²) in [5, 5.41) is 2.97. The van der Waals surface area contributed by atoms with Gasteiger partial charge in [-0.25, -0.2) is 0 Å². The molecule has 1 aromatic carbocycles. The van der Waals surface area contributed by atoms with Crippen molar-refractivity contribution in [3.05, 3.63) is 35.9 Å². The predicted octanol–water partition coefficient (Wildman–Crippen LogP) is 1.85. The van der Waals surface area contributed by atoms with Crippen molar-refractivity contribution in [1.82, 2.24) is 10.2 Å². The number of likely N-dealkylation sites (tertiary alicyclic amines) is 1. The molecule has 1 aliphatic rings. The number of carbonyl (C=O) groups excluding carboxylic acids is 1. The zero-order valence-corrected chi connectivity index (χ0v) is 13.0. The van der Waals surface area contributed by atoms with Gasteiger partial charge in [-0.05, 0) is 51.4 Å². The van der Waals surface area contributed by atoms with Gasteiger partial charge in [0.05, 0.1) is 0 Å². The van der Waals surface area contributed by atoms with E-state index in [9.17, 15) is 4.79 Å². The zero-order chi connectivity index (χ0) is 15.1. The number of nitrogens with one attached hydrogen (secondary N) is 1. The Labute approximate surface area is 127 Å². The van der Waals surface area contributed by atoms with E-state index in [0.29, 0.717) is 6.54 Å². The molecule has 1 amide bonds. The van der Waals surface area contributed by atoms with Gasteiger partial charge in [-0.2, -0.15) is 0 Å². The highest BCUT2D eigenvalue weighted by molar-refractivity contribution is 5.86. The summed E-state index contributed by atoms with van der Waals surface area (Å²) in [6.07, 6.45) is 4.95. The van der Waals surface area contributed by atoms with E-state index in [4.69, 9.17) is 5.73 Å². The van der Waals surface area contributed by atoms with Crippen LogP contribution in [0.15, 0.2) is 30.3 Å². The third kappa shape index (κ3) is 4.55. The lowest BCUT2D eigenvalue weighted by atomic mass is 9.92. The van der Waals surface area contributed by atoms with Crippen molar-refractivity contribution < 1.29 is 4.79 Å². The fourth-order valence-electron chi connectivity index (χ4n) is 2.79. The normalized spacial score (nSPS) is 19.0. The van der Waals surface area contributed by atoms with E-state index in [2.05, 4.69) is 10.2 Å². The molecule has 1 aromatic rings. The Hall–Kier alpha value is -1.39. The standard InChI is InChI=1S/C17H27N3O/c1-17(18,15-9-4-2-5-10-15)16(21)19-11-8-14-20-12-6-3-7-13-20/h2,4-5,9-10H,3,6-8,11-14,18H2,1H3,(H,19,21). The van der Waals surface area contributed by atoms with Crippen LogP contribution in [0.5, 0.6) is 0 Å². The van der Waals surface area contributed by atoms with E-state index in [-0.39, 0.29) is 5.91 Å². The average Bonchev–Trinajstić information content (AvgIpc) is 2.53. The van der Waals surface area contributed by atoms with Crippen LogP contribution in [-0.2, 0) is 10.3 Å². The van der Waals surface area contributed by atoms with E-state index >= 15 is 0 Å². The minimum absolute atomic E-state index is 0.104. The quantitative estimate of drug-likeness (QED) is 0.786. The Morgan fingerprint density at radius 3 is 2.57 bits per heavy atom. The molecule has 2 rings (SSSR count). The summed E-state index contributed by atoms with van der Waals surface area (Å²) >= 11 is 0. The van der Waals surface area contributed by atoms with Crippen LogP contribution < -0.4 is 11.1 Å². The van der Waals surface area contributed by atoms with Crippen molar-refractivity contribution in [1.29, 1.82) is 0 Å². The summed E-state index contributed by atoms with van der Waals surface area (Å²) in [6, 6.07) is 9.53. The number of amides is 1. The maximum absolute atomic E-state index is 12.3. The van der Waals surface area contributed by atoms with E-state index in [1.54, 1.807) is 6.92 Å². The number of nitrogens with two attached hydrogens (primary N) is 1. The van der Waals surface area contributed by atoms with Crippen molar-refractivity contribution in [3.8, 4) is 0 Å². The molecular weight excluding hydrogens is 262 g/mol. The van der Waals surface area contributed by atoms with E-state index < -0.39 is 5.54 Å². The SMILES string of the molecule is CC(N)(C(=O)NCCCN1CCCCC1)c1ccccc1. The van der Waals surface area contributed by atoms with Gasteiger partial charge in [-0.1, -0.05) is 36.8 Å². The first-order valence-corrected chi connectivity index (χ1v) is 7.96. The summed E-state index contributed by atoms with van der Waals surface area (Å²) in [6.45, 7) is 5.92. The molecule has 4 nitrogen and oxygen atoms in total. The molecule has 1 heterocycles. The number of carbonyl (C=O) groups is 1. The molecule has 0 radical (unpaired) electrons. The van der Waals surface area contributed by atoms with Crippen LogP contribution in [0.25, 0.3) is 0 Å². The minimum atomic E-state index is -0.966. The fourth-order valence-corrected chi connectivity index (χ4v) is 2.79. The average molecular weight is 289 g/mol. The third-order valence-electron chi connectivity index (χ3n) is 4.23. The van der Waals surface area contributed by atoms with Crippen molar-refractivity contribution in [3.63, 3.8) is 0 Å². The van der Waals surface area contributed by atoms with E-state index in [1.165, 1.54) is 32.4 Å². The van der Waals surface area contributed by atoms with E-state index in [0.717, 1.165) is 18.5 Å². The third-order valence-corrected chi connectivity index (χ3v) is 4.23. The second kappa shape index (κ2) is 7.57. The zero-order valence-electron chi connectivity index (χ0n) is 13.0. The Kier molecular flexibility index (Phi) is 5.76. The number of benzene rings is 1. The molecule has 1 unspecified atom stereocenters. The number of nitrogens with zero attached hydrogens (tertiary/aromatic N) is 1. The maximum Gasteiger partial charge on any atom is 0.244 e. The van der Waals surface area contributed by atoms with Gasteiger partial charge in [-0.3, -0.25) is 4.79 Å². The topological polar surface area (TPSA) is 58.4 Å². The minimum Gasteiger partial charge on any atom is -0.354 e. The van der Waals surface area contributed by atoms with Crippen LogP contribution in [0.3, 0.4) is 0 Å². The number of hydrogen-bond donors (Lipinski definition) is 2. The molecule has 21 heavy (non-hydrogen) atoms. The lowest BCUT2D eigenvalue weighted by molar-refractivity contribution is -0.126. The van der Waals surface area contributed by atoms with Gasteiger partial charge in [0.15, 0.2) is 0 Å². The van der Waals surface area contributed by atoms with Crippen LogP contribution in [-0.4, -0.2) is 37.0 Å². The van der Waals surface area contributed by atoms with Crippen LogP contribution in [0, 0.1) is 0 Å². The molecular formula is C17H27N3O. The Bertz CT molecular complexity index is 439. The van der Waals surface area contributed by atoms with Gasteiger partial charge in [0.25, 0.3) is 0 Å². The summed E-state index contributed by atoms with van der Waals surface area (Å²) in [5.41, 5.74) is 6.06. The van der Waals surface area contributed by atoms with Crippen LogP contribution >= 0.6 is 0 Å². The van der Waals surface area contributed by atoms with Gasteiger partial charge in [0.1, 0.15) is 5.54 Å². The highest BCUT2D eigenvalue weighted by Crippen LogP contribution is 2.17. The predicted molar refractivity (Wildman–Crippen MR) is 85.9 cm³/mol. The lowest BCUT2D eigenvalue weighted by Crippen LogP contribution is -2.49. The lowest BCUT2D eigenvalue weighted by Gasteiger charge is -2.27. The van der Waals surface area contributed by atoms with Crippen molar-refractivity contribution in [2.45, 2.75) is 38.1 Å². The Morgan fingerprint density at radius 1 is 1.24 bits per heavy atom. The summed E-state index contributed by atoms with van der Waals surface area (Å²) in [7, 11) is 0. The molecule has 1 fully saturated rings. The maximum atomic E-state index is 12.3. The van der Waals surface area contributed by atoms with Crippen LogP contribution in [0.4, 0.5) is 0 Å². The highest BCUT2D eigenvalue weighted by Gasteiger charge is 2.29. The summed E-state index contributed by atoms with van der Waals surface area (Å²) in [5.74, 6) is -0.104. The van der Waals surface area contributed by atoms with Crippen molar-refractivity contribution in [2.75, 3.05) is 26.2 Å². The summed E-state index contributed by atoms with van der Waals surface area (Å²) < 4.78 is 0. The Balaban J connectivity index is 1.73. The first-order chi connectivity index (χ1) is 10.1. The largest absolute Gasteiger partial charge is 0.354 e. The van der Waals surface area contributed by atoms with Gasteiger partial charge >= 0.3 is 0 Å². The smallest absolute Gasteiger partial charge is 0.244 e. The van der Waals surface area contributed by atoms with Crippen molar-refractivity contribution >= 4 is 5.91 Å². The Morgan fingerprint density at radius 2 is 1.90 bits per heavy atom. The molecule has 0 aromatic heterocycles. The first-order valence-electron chi connectivity index (χ1n) is 7.96. The molecule has 1 atom stereocenters. The molecule has 116 valence electrons. The van der Waals surface area contributed by atoms with Gasteiger partial charge in [0.2, 0.25) is 5.91 Å². The number of piperidine rings is 1. The van der Waals surface area contributed by atoms with Crippen LogP contribution in [0.2, 0.25) is 0 Å². The van der Waals surface area contributed by atoms with Gasteiger partial charge in [-0.15, -0.1) is 0 Å². The molecule has 3 N–H and O–H groups in total. The van der Waals surface area contributed by atoms with Crippen LogP contribution in [0.1, 0.15) is 38.2 Å². The van der Waals surface area contributed by atoms with Crippen molar-refractivity contribution in [2.24, 2.45) is 5.73 Å². The first kappa shape index (κ1) is 16.0. The van der Waals surface area contributed by atoms with Gasteiger partial charge in [0, 0.05) is 6.54 Å². The van der Waals surface area contributed by atoms with E-state index in [1.807, 2.05) is 30.3 Å². The molecule has 1 saturated heterocycles. The molecule has 0 aliphatic carbocycles. The summed E-state index contributed by atoms with van der Waals surface area (Å²) in [4.78, 5) is 14.7. The molecule has 4 heteroatoms. The fraction of sp³-hybridized carbons (Fsp3) is 0.588. The molecule has 0 saturated carbocycles. The van der Waals surface area contributed by atoms with Gasteiger partial charge < -0.3 is 16.0 Å². The molecule has 0 bridgehead atoms. The number of hydrogen-bond acceptors (Lipinski definition) is 3. The monoisotopic (exact) mass is 289 g/mol. The number of rotatable bonds is 6.